The number of ether oxygens (including phenoxy) is 1. The second-order valence-corrected chi connectivity index (χ2v) is 3.69. The third-order valence-electron chi connectivity index (χ3n) is 2.06. The van der Waals surface area contributed by atoms with Crippen LogP contribution >= 0.6 is 11.6 Å². The number of halogens is 1. The van der Waals surface area contributed by atoms with Gasteiger partial charge in [-0.15, -0.1) is 0 Å². The second kappa shape index (κ2) is 5.30. The van der Waals surface area contributed by atoms with Crippen LogP contribution in [0.5, 0.6) is 11.5 Å². The Balaban J connectivity index is 2.13. The zero-order chi connectivity index (χ0) is 12.1. The van der Waals surface area contributed by atoms with Crippen LogP contribution in [0.25, 0.3) is 0 Å². The molecule has 2 rings (SSSR count). The largest absolute Gasteiger partial charge is 0.457 e. The van der Waals surface area contributed by atoms with Gasteiger partial charge in [0.05, 0.1) is 5.69 Å². The average molecular weight is 246 g/mol. The fraction of sp³-hybridized carbons (Fsp3) is 0. The van der Waals surface area contributed by atoms with Gasteiger partial charge in [-0.1, -0.05) is 11.6 Å². The molecule has 0 saturated heterocycles. The Labute approximate surface area is 103 Å². The quantitative estimate of drug-likeness (QED) is 0.603. The van der Waals surface area contributed by atoms with Gasteiger partial charge in [-0.05, 0) is 48.5 Å². The van der Waals surface area contributed by atoms with Crippen LogP contribution in [-0.4, -0.2) is 6.08 Å². The lowest BCUT2D eigenvalue weighted by Gasteiger charge is -2.05. The molecule has 0 aliphatic rings. The van der Waals surface area contributed by atoms with Crippen molar-refractivity contribution in [2.24, 2.45) is 4.99 Å². The molecule has 0 saturated carbocycles. The zero-order valence-corrected chi connectivity index (χ0v) is 9.52. The smallest absolute Gasteiger partial charge is 0.240 e. The Morgan fingerprint density at radius 2 is 1.47 bits per heavy atom. The number of benzene rings is 2. The van der Waals surface area contributed by atoms with Gasteiger partial charge >= 0.3 is 0 Å². The number of carbonyl (C=O) groups excluding carboxylic acids is 1. The van der Waals surface area contributed by atoms with Gasteiger partial charge in [0.2, 0.25) is 6.08 Å². The maximum Gasteiger partial charge on any atom is 0.240 e. The van der Waals surface area contributed by atoms with E-state index in [-0.39, 0.29) is 0 Å². The average Bonchev–Trinajstić information content (AvgIpc) is 2.35. The van der Waals surface area contributed by atoms with E-state index in [1.165, 1.54) is 6.08 Å². The summed E-state index contributed by atoms with van der Waals surface area (Å²) < 4.78 is 5.57. The summed E-state index contributed by atoms with van der Waals surface area (Å²) in [5, 5.41) is 0.660. The predicted octanol–water partition coefficient (Wildman–Crippen LogP) is 4.10. The van der Waals surface area contributed by atoms with Crippen LogP contribution in [0.3, 0.4) is 0 Å². The first-order chi connectivity index (χ1) is 8.28. The van der Waals surface area contributed by atoms with Crippen LogP contribution in [0, 0.1) is 0 Å². The summed E-state index contributed by atoms with van der Waals surface area (Å²) >= 11 is 5.77. The van der Waals surface area contributed by atoms with Crippen molar-refractivity contribution in [1.82, 2.24) is 0 Å². The molecule has 4 heteroatoms. The summed E-state index contributed by atoms with van der Waals surface area (Å²) in [5.74, 6) is 1.36. The summed E-state index contributed by atoms with van der Waals surface area (Å²) in [6, 6.07) is 13.9. The highest BCUT2D eigenvalue weighted by Crippen LogP contribution is 2.24. The molecule has 0 bridgehead atoms. The predicted molar refractivity (Wildman–Crippen MR) is 65.7 cm³/mol. The highest BCUT2D eigenvalue weighted by molar-refractivity contribution is 6.30. The lowest BCUT2D eigenvalue weighted by Crippen LogP contribution is -1.82. The van der Waals surface area contributed by atoms with Crippen LogP contribution in [0.15, 0.2) is 53.5 Å². The molecule has 0 aromatic heterocycles. The number of rotatable bonds is 3. The third-order valence-corrected chi connectivity index (χ3v) is 2.31. The Hall–Kier alpha value is -2.09. The van der Waals surface area contributed by atoms with Gasteiger partial charge in [0.15, 0.2) is 0 Å². The maximum absolute atomic E-state index is 10.0. The van der Waals surface area contributed by atoms with Crippen LogP contribution in [0.4, 0.5) is 5.69 Å². The van der Waals surface area contributed by atoms with Gasteiger partial charge in [0.25, 0.3) is 0 Å². The number of nitrogens with zero attached hydrogens (tertiary/aromatic N) is 1. The van der Waals surface area contributed by atoms with Crippen molar-refractivity contribution in [1.29, 1.82) is 0 Å². The van der Waals surface area contributed by atoms with Crippen LogP contribution < -0.4 is 4.74 Å². The molecular formula is C13H8ClNO2. The first kappa shape index (κ1) is 11.4. The van der Waals surface area contributed by atoms with Crippen molar-refractivity contribution < 1.29 is 9.53 Å². The molecule has 0 amide bonds. The fourth-order valence-corrected chi connectivity index (χ4v) is 1.41. The number of hydrogen-bond acceptors (Lipinski definition) is 3. The van der Waals surface area contributed by atoms with E-state index < -0.39 is 0 Å². The minimum Gasteiger partial charge on any atom is -0.457 e. The molecule has 0 aliphatic carbocycles. The first-order valence-electron chi connectivity index (χ1n) is 4.89. The molecule has 0 aliphatic heterocycles. The first-order valence-corrected chi connectivity index (χ1v) is 5.27. The zero-order valence-electron chi connectivity index (χ0n) is 8.76. The molecule has 0 fully saturated rings. The van der Waals surface area contributed by atoms with Gasteiger partial charge in [0, 0.05) is 5.02 Å². The fourth-order valence-electron chi connectivity index (χ4n) is 1.28. The van der Waals surface area contributed by atoms with Gasteiger partial charge in [0.1, 0.15) is 11.5 Å². The molecule has 2 aromatic rings. The van der Waals surface area contributed by atoms with E-state index in [0.29, 0.717) is 22.2 Å². The van der Waals surface area contributed by atoms with E-state index in [9.17, 15) is 4.79 Å². The molecule has 17 heavy (non-hydrogen) atoms. The Bertz CT molecular complexity index is 543. The van der Waals surface area contributed by atoms with Gasteiger partial charge < -0.3 is 4.74 Å². The topological polar surface area (TPSA) is 38.7 Å². The van der Waals surface area contributed by atoms with E-state index in [4.69, 9.17) is 16.3 Å². The van der Waals surface area contributed by atoms with Crippen LogP contribution in [0.1, 0.15) is 0 Å². The summed E-state index contributed by atoms with van der Waals surface area (Å²) in [6.07, 6.45) is 1.48. The Kier molecular flexibility index (Phi) is 3.55. The monoisotopic (exact) mass is 245 g/mol. The van der Waals surface area contributed by atoms with Gasteiger partial charge in [-0.2, -0.15) is 4.99 Å². The maximum atomic E-state index is 10.0. The normalized spacial score (nSPS) is 9.47. The van der Waals surface area contributed by atoms with E-state index in [1.807, 2.05) is 0 Å². The van der Waals surface area contributed by atoms with E-state index in [0.717, 1.165) is 0 Å². The second-order valence-electron chi connectivity index (χ2n) is 3.25. The molecule has 3 nitrogen and oxygen atoms in total. The Morgan fingerprint density at radius 1 is 0.941 bits per heavy atom. The molecule has 0 radical (unpaired) electrons. The standard InChI is InChI=1S/C13H8ClNO2/c14-10-1-5-12(6-2-10)17-13-7-3-11(4-8-13)15-9-16/h1-8H. The lowest BCUT2D eigenvalue weighted by molar-refractivity contribution is 0.483. The number of isocyanates is 1. The van der Waals surface area contributed by atoms with Crippen molar-refractivity contribution in [2.45, 2.75) is 0 Å². The summed E-state index contributed by atoms with van der Waals surface area (Å²) in [5.41, 5.74) is 0.545. The molecule has 0 spiro atoms. The lowest BCUT2D eigenvalue weighted by atomic mass is 10.3. The van der Waals surface area contributed by atoms with Gasteiger partial charge in [-0.3, -0.25) is 0 Å². The minimum atomic E-state index is 0.545. The molecule has 84 valence electrons. The third kappa shape index (κ3) is 3.18. The molecular weight excluding hydrogens is 238 g/mol. The summed E-state index contributed by atoms with van der Waals surface area (Å²) in [4.78, 5) is 13.5. The van der Waals surface area contributed by atoms with E-state index >= 15 is 0 Å². The summed E-state index contributed by atoms with van der Waals surface area (Å²) in [6.45, 7) is 0. The van der Waals surface area contributed by atoms with Crippen molar-refractivity contribution in [2.75, 3.05) is 0 Å². The van der Waals surface area contributed by atoms with Crippen LogP contribution in [0.2, 0.25) is 5.02 Å². The van der Waals surface area contributed by atoms with Crippen molar-refractivity contribution in [3.8, 4) is 11.5 Å². The molecule has 0 atom stereocenters. The number of aliphatic imine (C=N–C) groups is 1. The molecule has 0 N–H and O–H groups in total. The highest BCUT2D eigenvalue weighted by Gasteiger charge is 1.97. The van der Waals surface area contributed by atoms with Crippen LogP contribution in [-0.2, 0) is 4.79 Å². The highest BCUT2D eigenvalue weighted by atomic mass is 35.5. The molecule has 0 heterocycles. The minimum absolute atomic E-state index is 0.545. The Morgan fingerprint density at radius 3 is 2.00 bits per heavy atom. The number of hydrogen-bond donors (Lipinski definition) is 0. The van der Waals surface area contributed by atoms with Crippen molar-refractivity contribution in [3.05, 3.63) is 53.6 Å². The van der Waals surface area contributed by atoms with E-state index in [2.05, 4.69) is 4.99 Å². The van der Waals surface area contributed by atoms with Crippen molar-refractivity contribution in [3.63, 3.8) is 0 Å². The van der Waals surface area contributed by atoms with Gasteiger partial charge in [-0.25, -0.2) is 4.79 Å². The summed E-state index contributed by atoms with van der Waals surface area (Å²) in [7, 11) is 0. The molecule has 2 aromatic carbocycles. The molecule has 0 unspecified atom stereocenters. The van der Waals surface area contributed by atoms with Crippen molar-refractivity contribution >= 4 is 23.4 Å². The van der Waals surface area contributed by atoms with E-state index in [1.54, 1.807) is 48.5 Å². The SMILES string of the molecule is O=C=Nc1ccc(Oc2ccc(Cl)cc2)cc1.